The number of carbonyl (C=O) groups is 3. The number of aromatic carboxylic acids is 3. The molecular formula is C14H9N3O7. The number of nitrogens with two attached hydrogens (primary N) is 1. The average Bonchev–Trinajstić information content (AvgIpc) is 2.96. The van der Waals surface area contributed by atoms with Crippen molar-refractivity contribution in [3.63, 3.8) is 0 Å². The first kappa shape index (κ1) is 15.1. The van der Waals surface area contributed by atoms with Gasteiger partial charge in [-0.15, -0.1) is 0 Å². The van der Waals surface area contributed by atoms with Crippen molar-refractivity contribution in [2.24, 2.45) is 0 Å². The summed E-state index contributed by atoms with van der Waals surface area (Å²) in [6.45, 7) is 0. The maximum Gasteiger partial charge on any atom is 0.354 e. The van der Waals surface area contributed by atoms with Crippen molar-refractivity contribution in [3.8, 4) is 5.75 Å². The molecule has 24 heavy (non-hydrogen) atoms. The normalized spacial score (nSPS) is 11.0. The molecule has 0 aliphatic carbocycles. The topological polar surface area (TPSA) is 187 Å². The molecule has 0 atom stereocenters. The van der Waals surface area contributed by atoms with Crippen LogP contribution >= 0.6 is 0 Å². The number of anilines is 1. The van der Waals surface area contributed by atoms with Gasteiger partial charge < -0.3 is 31.1 Å². The van der Waals surface area contributed by atoms with Gasteiger partial charge in [0, 0.05) is 10.8 Å². The van der Waals surface area contributed by atoms with Gasteiger partial charge in [-0.1, -0.05) is 0 Å². The SMILES string of the molecule is Nc1c(O)c2cc(C(=O)O)[nH]c2c2c(C(=O)O)cc(C(=O)O)nc12. The third kappa shape index (κ3) is 1.97. The van der Waals surface area contributed by atoms with E-state index in [9.17, 15) is 24.6 Å². The molecule has 3 aromatic rings. The van der Waals surface area contributed by atoms with Gasteiger partial charge in [0.15, 0.2) is 0 Å². The molecule has 0 saturated carbocycles. The number of nitrogens with one attached hydrogen (secondary N) is 1. The van der Waals surface area contributed by atoms with E-state index in [0.717, 1.165) is 12.1 Å². The summed E-state index contributed by atoms with van der Waals surface area (Å²) in [5.74, 6) is -4.78. The first-order valence-corrected chi connectivity index (χ1v) is 6.40. The number of phenolic OH excluding ortho intramolecular Hbond substituents is 1. The molecule has 0 spiro atoms. The van der Waals surface area contributed by atoms with Crippen LogP contribution in [0.4, 0.5) is 5.69 Å². The van der Waals surface area contributed by atoms with Crippen LogP contribution in [0.5, 0.6) is 5.75 Å². The van der Waals surface area contributed by atoms with Crippen LogP contribution in [0.2, 0.25) is 0 Å². The lowest BCUT2D eigenvalue weighted by molar-refractivity contribution is 0.0678. The Hall–Kier alpha value is -3.82. The van der Waals surface area contributed by atoms with Crippen molar-refractivity contribution in [3.05, 3.63) is 29.1 Å². The van der Waals surface area contributed by atoms with Gasteiger partial charge in [0.05, 0.1) is 11.1 Å². The van der Waals surface area contributed by atoms with Crippen LogP contribution in [-0.2, 0) is 0 Å². The molecule has 1 aromatic carbocycles. The Morgan fingerprint density at radius 1 is 1.04 bits per heavy atom. The number of fused-ring (bicyclic) bond motifs is 3. The van der Waals surface area contributed by atoms with E-state index in [1.807, 2.05) is 0 Å². The Morgan fingerprint density at radius 3 is 2.25 bits per heavy atom. The zero-order valence-corrected chi connectivity index (χ0v) is 11.7. The first-order valence-electron chi connectivity index (χ1n) is 6.40. The fourth-order valence-electron chi connectivity index (χ4n) is 2.48. The molecule has 0 aliphatic heterocycles. The third-order valence-corrected chi connectivity index (χ3v) is 3.53. The van der Waals surface area contributed by atoms with Crippen molar-refractivity contribution >= 4 is 45.4 Å². The predicted octanol–water partition coefficient (Wildman–Crippen LogP) is 1.10. The maximum atomic E-state index is 11.5. The quantitative estimate of drug-likeness (QED) is 0.301. The Kier molecular flexibility index (Phi) is 3.04. The summed E-state index contributed by atoms with van der Waals surface area (Å²) in [6.07, 6.45) is 0. The second kappa shape index (κ2) is 4.84. The average molecular weight is 331 g/mol. The van der Waals surface area contributed by atoms with Crippen LogP contribution in [0.3, 0.4) is 0 Å². The van der Waals surface area contributed by atoms with Crippen LogP contribution in [0, 0.1) is 0 Å². The van der Waals surface area contributed by atoms with Gasteiger partial charge >= 0.3 is 17.9 Å². The second-order valence-corrected chi connectivity index (χ2v) is 4.93. The predicted molar refractivity (Wildman–Crippen MR) is 80.6 cm³/mol. The number of hydrogen-bond acceptors (Lipinski definition) is 6. The summed E-state index contributed by atoms with van der Waals surface area (Å²) in [6, 6.07) is 1.93. The summed E-state index contributed by atoms with van der Waals surface area (Å²) in [5.41, 5.74) is 3.82. The van der Waals surface area contributed by atoms with Gasteiger partial charge in [-0.3, -0.25) is 0 Å². The van der Waals surface area contributed by atoms with Gasteiger partial charge in [-0.25, -0.2) is 19.4 Å². The first-order chi connectivity index (χ1) is 11.2. The van der Waals surface area contributed by atoms with Crippen LogP contribution in [0.15, 0.2) is 12.1 Å². The van der Waals surface area contributed by atoms with E-state index >= 15 is 0 Å². The second-order valence-electron chi connectivity index (χ2n) is 4.93. The molecule has 0 fully saturated rings. The van der Waals surface area contributed by atoms with Crippen LogP contribution < -0.4 is 5.73 Å². The Labute approximate surface area is 131 Å². The number of H-pyrrole nitrogens is 1. The Balaban J connectivity index is 2.62. The minimum atomic E-state index is -1.48. The highest BCUT2D eigenvalue weighted by Crippen LogP contribution is 2.40. The number of nitrogens with zero attached hydrogens (tertiary/aromatic N) is 1. The summed E-state index contributed by atoms with van der Waals surface area (Å²) in [5, 5.41) is 37.5. The molecule has 0 saturated heterocycles. The highest BCUT2D eigenvalue weighted by Gasteiger charge is 2.24. The Bertz CT molecular complexity index is 1070. The molecule has 0 radical (unpaired) electrons. The molecule has 7 N–H and O–H groups in total. The molecule has 3 rings (SSSR count). The highest BCUT2D eigenvalue weighted by atomic mass is 16.4. The molecule has 0 amide bonds. The number of aromatic nitrogens is 2. The van der Waals surface area contributed by atoms with Crippen molar-refractivity contribution in [2.45, 2.75) is 0 Å². The van der Waals surface area contributed by atoms with E-state index < -0.39 is 34.9 Å². The summed E-state index contributed by atoms with van der Waals surface area (Å²) in [7, 11) is 0. The maximum absolute atomic E-state index is 11.5. The number of benzene rings is 1. The van der Waals surface area contributed by atoms with E-state index in [4.69, 9.17) is 15.9 Å². The zero-order valence-electron chi connectivity index (χ0n) is 11.7. The van der Waals surface area contributed by atoms with Crippen molar-refractivity contribution in [1.29, 1.82) is 0 Å². The third-order valence-electron chi connectivity index (χ3n) is 3.53. The zero-order chi connectivity index (χ0) is 17.8. The standard InChI is InChI=1S/C14H9N3O7/c15-8-10-7(3(12(19)20)1-5(17-10)13(21)22)9-4(11(8)18)2-6(16-9)14(23)24/h1-2,16,18H,15H2,(H,19,20)(H,21,22)(H,23,24). The lowest BCUT2D eigenvalue weighted by atomic mass is 10.0. The summed E-state index contributed by atoms with van der Waals surface area (Å²) < 4.78 is 0. The lowest BCUT2D eigenvalue weighted by Gasteiger charge is -2.10. The van der Waals surface area contributed by atoms with Crippen molar-refractivity contribution in [1.82, 2.24) is 9.97 Å². The van der Waals surface area contributed by atoms with Gasteiger partial charge in [-0.05, 0) is 12.1 Å². The van der Waals surface area contributed by atoms with Crippen molar-refractivity contribution in [2.75, 3.05) is 5.73 Å². The molecule has 122 valence electrons. The largest absolute Gasteiger partial charge is 0.505 e. The number of aromatic amines is 1. The fourth-order valence-corrected chi connectivity index (χ4v) is 2.48. The minimum Gasteiger partial charge on any atom is -0.505 e. The van der Waals surface area contributed by atoms with Gasteiger partial charge in [-0.2, -0.15) is 0 Å². The van der Waals surface area contributed by atoms with E-state index in [1.165, 1.54) is 0 Å². The minimum absolute atomic E-state index is 0.00947. The van der Waals surface area contributed by atoms with Gasteiger partial charge in [0.25, 0.3) is 0 Å². The number of carboxylic acid groups (broad SMARTS) is 3. The lowest BCUT2D eigenvalue weighted by Crippen LogP contribution is -2.08. The number of carboxylic acids is 3. The van der Waals surface area contributed by atoms with E-state index in [0.29, 0.717) is 0 Å². The van der Waals surface area contributed by atoms with Crippen molar-refractivity contribution < 1.29 is 34.8 Å². The molecule has 0 unspecified atom stereocenters. The number of rotatable bonds is 3. The highest BCUT2D eigenvalue weighted by molar-refractivity contribution is 6.21. The van der Waals surface area contributed by atoms with E-state index in [2.05, 4.69) is 9.97 Å². The molecule has 10 nitrogen and oxygen atoms in total. The number of phenols is 1. The summed E-state index contributed by atoms with van der Waals surface area (Å²) >= 11 is 0. The monoisotopic (exact) mass is 331 g/mol. The molecule has 0 bridgehead atoms. The molecular weight excluding hydrogens is 322 g/mol. The van der Waals surface area contributed by atoms with Gasteiger partial charge in [0.2, 0.25) is 0 Å². The van der Waals surface area contributed by atoms with Gasteiger partial charge in [0.1, 0.15) is 28.3 Å². The fraction of sp³-hybridized carbons (Fsp3) is 0. The van der Waals surface area contributed by atoms with Crippen LogP contribution in [0.25, 0.3) is 21.8 Å². The van der Waals surface area contributed by atoms with Crippen LogP contribution in [-0.4, -0.2) is 48.3 Å². The van der Waals surface area contributed by atoms with Crippen LogP contribution in [0.1, 0.15) is 31.3 Å². The number of pyridine rings is 1. The number of aromatic hydroxyl groups is 1. The van der Waals surface area contributed by atoms with E-state index in [1.54, 1.807) is 0 Å². The molecule has 2 aromatic heterocycles. The molecule has 0 aliphatic rings. The molecule has 10 heteroatoms. The number of nitrogen functional groups attached to an aromatic ring is 1. The Morgan fingerprint density at radius 2 is 1.71 bits per heavy atom. The summed E-state index contributed by atoms with van der Waals surface area (Å²) in [4.78, 5) is 40.0. The van der Waals surface area contributed by atoms with E-state index in [-0.39, 0.29) is 33.2 Å². The number of hydrogen-bond donors (Lipinski definition) is 6. The molecule has 2 heterocycles. The smallest absolute Gasteiger partial charge is 0.354 e.